The predicted molar refractivity (Wildman–Crippen MR) is 106 cm³/mol. The monoisotopic (exact) mass is 368 g/mol. The number of likely N-dealkylation sites (N-methyl/N-ethyl adjacent to an activating group) is 1. The molecule has 0 aliphatic carbocycles. The van der Waals surface area contributed by atoms with Crippen LogP contribution >= 0.6 is 0 Å². The third kappa shape index (κ3) is 4.61. The summed E-state index contributed by atoms with van der Waals surface area (Å²) in [7, 11) is 3.29. The molecule has 1 aliphatic heterocycles. The van der Waals surface area contributed by atoms with Crippen LogP contribution in [0.3, 0.4) is 0 Å². The number of carbonyl (C=O) groups is 1. The first-order chi connectivity index (χ1) is 13.1. The van der Waals surface area contributed by atoms with Gasteiger partial charge in [0.2, 0.25) is 5.91 Å². The van der Waals surface area contributed by atoms with Gasteiger partial charge in [0, 0.05) is 19.6 Å². The van der Waals surface area contributed by atoms with Crippen molar-refractivity contribution in [1.82, 2.24) is 9.80 Å². The molecule has 2 aromatic carbocycles. The first kappa shape index (κ1) is 19.2. The van der Waals surface area contributed by atoms with Crippen LogP contribution in [0.25, 0.3) is 0 Å². The van der Waals surface area contributed by atoms with Crippen LogP contribution in [-0.2, 0) is 24.3 Å². The lowest BCUT2D eigenvalue weighted by Gasteiger charge is -2.31. The number of benzene rings is 2. The first-order valence-electron chi connectivity index (χ1n) is 9.42. The van der Waals surface area contributed by atoms with E-state index in [9.17, 15) is 4.79 Å². The number of ether oxygens (including phenoxy) is 2. The third-order valence-corrected chi connectivity index (χ3v) is 5.13. The minimum atomic E-state index is 0.174. The molecular formula is C22H28N2O3. The van der Waals surface area contributed by atoms with E-state index in [1.165, 1.54) is 11.1 Å². The molecule has 5 heteroatoms. The van der Waals surface area contributed by atoms with Gasteiger partial charge in [0.05, 0.1) is 20.8 Å². The van der Waals surface area contributed by atoms with Gasteiger partial charge >= 0.3 is 0 Å². The molecule has 144 valence electrons. The number of rotatable bonds is 7. The minimum Gasteiger partial charge on any atom is -0.493 e. The summed E-state index contributed by atoms with van der Waals surface area (Å²) >= 11 is 0. The SMILES string of the molecule is CCN(CC(=O)N1CCc2cc(OC)c(OC)cc2C1)Cc1ccccc1. The Kier molecular flexibility index (Phi) is 6.35. The number of hydrogen-bond donors (Lipinski definition) is 0. The van der Waals surface area contributed by atoms with Crippen molar-refractivity contribution in [2.24, 2.45) is 0 Å². The van der Waals surface area contributed by atoms with E-state index >= 15 is 0 Å². The molecule has 0 N–H and O–H groups in total. The zero-order valence-electron chi connectivity index (χ0n) is 16.4. The second-order valence-corrected chi connectivity index (χ2v) is 6.83. The number of fused-ring (bicyclic) bond motifs is 1. The topological polar surface area (TPSA) is 42.0 Å². The maximum Gasteiger partial charge on any atom is 0.237 e. The predicted octanol–water partition coefficient (Wildman–Crippen LogP) is 3.11. The molecule has 0 bridgehead atoms. The van der Waals surface area contributed by atoms with Crippen LogP contribution < -0.4 is 9.47 Å². The molecule has 1 heterocycles. The summed E-state index contributed by atoms with van der Waals surface area (Å²) < 4.78 is 10.8. The van der Waals surface area contributed by atoms with Crippen LogP contribution in [0.1, 0.15) is 23.6 Å². The van der Waals surface area contributed by atoms with E-state index in [0.29, 0.717) is 18.8 Å². The third-order valence-electron chi connectivity index (χ3n) is 5.13. The van der Waals surface area contributed by atoms with Crippen molar-refractivity contribution in [3.8, 4) is 11.5 Å². The summed E-state index contributed by atoms with van der Waals surface area (Å²) in [5.74, 6) is 1.63. The second kappa shape index (κ2) is 8.91. The Bertz CT molecular complexity index is 777. The molecule has 0 fully saturated rings. The lowest BCUT2D eigenvalue weighted by atomic mass is 9.98. The molecule has 3 rings (SSSR count). The summed E-state index contributed by atoms with van der Waals surface area (Å²) in [6.45, 7) is 5.53. The molecule has 27 heavy (non-hydrogen) atoms. The second-order valence-electron chi connectivity index (χ2n) is 6.83. The zero-order valence-corrected chi connectivity index (χ0v) is 16.4. The maximum atomic E-state index is 12.9. The molecule has 0 saturated carbocycles. The highest BCUT2D eigenvalue weighted by molar-refractivity contribution is 5.78. The molecule has 0 saturated heterocycles. The smallest absolute Gasteiger partial charge is 0.237 e. The Labute approximate surface area is 161 Å². The van der Waals surface area contributed by atoms with Crippen molar-refractivity contribution >= 4 is 5.91 Å². The van der Waals surface area contributed by atoms with Gasteiger partial charge in [-0.2, -0.15) is 0 Å². The van der Waals surface area contributed by atoms with Gasteiger partial charge in [0.25, 0.3) is 0 Å². The Balaban J connectivity index is 1.66. The first-order valence-corrected chi connectivity index (χ1v) is 9.42. The van der Waals surface area contributed by atoms with Crippen LogP contribution in [0.15, 0.2) is 42.5 Å². The van der Waals surface area contributed by atoms with Crippen LogP contribution in [0, 0.1) is 0 Å². The van der Waals surface area contributed by atoms with Gasteiger partial charge in [-0.15, -0.1) is 0 Å². The van der Waals surface area contributed by atoms with Crippen LogP contribution in [0.5, 0.6) is 11.5 Å². The lowest BCUT2D eigenvalue weighted by Crippen LogP contribution is -2.42. The molecule has 0 spiro atoms. The molecule has 1 amide bonds. The molecule has 0 aromatic heterocycles. The van der Waals surface area contributed by atoms with Gasteiger partial charge in [0.1, 0.15) is 0 Å². The fourth-order valence-electron chi connectivity index (χ4n) is 3.51. The van der Waals surface area contributed by atoms with Crippen LogP contribution in [0.4, 0.5) is 0 Å². The number of methoxy groups -OCH3 is 2. The highest BCUT2D eigenvalue weighted by Crippen LogP contribution is 2.33. The van der Waals surface area contributed by atoms with Crippen molar-refractivity contribution in [1.29, 1.82) is 0 Å². The van der Waals surface area contributed by atoms with Crippen LogP contribution in [0.2, 0.25) is 0 Å². The molecule has 1 aliphatic rings. The van der Waals surface area contributed by atoms with Crippen molar-refractivity contribution in [2.75, 3.05) is 33.9 Å². The van der Waals surface area contributed by atoms with Gasteiger partial charge in [-0.3, -0.25) is 9.69 Å². The Morgan fingerprint density at radius 1 is 1.07 bits per heavy atom. The van der Waals surface area contributed by atoms with Gasteiger partial charge in [-0.25, -0.2) is 0 Å². The number of amides is 1. The molecule has 0 radical (unpaired) electrons. The fraction of sp³-hybridized carbons (Fsp3) is 0.409. The standard InChI is InChI=1S/C22H28N2O3/c1-4-23(14-17-8-6-5-7-9-17)16-22(25)24-11-10-18-12-20(26-2)21(27-3)13-19(18)15-24/h5-9,12-13H,4,10-11,14-16H2,1-3H3. The van der Waals surface area contributed by atoms with Crippen LogP contribution in [-0.4, -0.2) is 49.6 Å². The van der Waals surface area contributed by atoms with Crippen molar-refractivity contribution in [2.45, 2.75) is 26.4 Å². The van der Waals surface area contributed by atoms with E-state index in [1.807, 2.05) is 35.2 Å². The Morgan fingerprint density at radius 2 is 1.74 bits per heavy atom. The maximum absolute atomic E-state index is 12.9. The molecule has 0 atom stereocenters. The quantitative estimate of drug-likeness (QED) is 0.753. The van der Waals surface area contributed by atoms with Crippen molar-refractivity contribution in [3.63, 3.8) is 0 Å². The fourth-order valence-corrected chi connectivity index (χ4v) is 3.51. The highest BCUT2D eigenvalue weighted by Gasteiger charge is 2.24. The van der Waals surface area contributed by atoms with E-state index < -0.39 is 0 Å². The molecule has 0 unspecified atom stereocenters. The van der Waals surface area contributed by atoms with Gasteiger partial charge in [0.15, 0.2) is 11.5 Å². The minimum absolute atomic E-state index is 0.174. The lowest BCUT2D eigenvalue weighted by molar-refractivity contribution is -0.133. The summed E-state index contributed by atoms with van der Waals surface area (Å²) in [5.41, 5.74) is 3.60. The normalized spacial score (nSPS) is 13.4. The van der Waals surface area contributed by atoms with E-state index in [0.717, 1.165) is 37.4 Å². The number of nitrogens with zero attached hydrogens (tertiary/aromatic N) is 2. The molecular weight excluding hydrogens is 340 g/mol. The summed E-state index contributed by atoms with van der Waals surface area (Å²) in [6.07, 6.45) is 0.840. The van der Waals surface area contributed by atoms with E-state index in [4.69, 9.17) is 9.47 Å². The average molecular weight is 368 g/mol. The summed E-state index contributed by atoms with van der Waals surface area (Å²) in [5, 5.41) is 0. The Morgan fingerprint density at radius 3 is 2.37 bits per heavy atom. The zero-order chi connectivity index (χ0) is 19.2. The number of carbonyl (C=O) groups excluding carboxylic acids is 1. The summed E-state index contributed by atoms with van der Waals surface area (Å²) in [6, 6.07) is 14.3. The van der Waals surface area contributed by atoms with Crippen molar-refractivity contribution < 1.29 is 14.3 Å². The van der Waals surface area contributed by atoms with E-state index in [2.05, 4.69) is 24.0 Å². The van der Waals surface area contributed by atoms with Gasteiger partial charge in [-0.05, 0) is 41.8 Å². The average Bonchev–Trinajstić information content (AvgIpc) is 2.72. The highest BCUT2D eigenvalue weighted by atomic mass is 16.5. The van der Waals surface area contributed by atoms with E-state index in [-0.39, 0.29) is 5.91 Å². The molecule has 5 nitrogen and oxygen atoms in total. The number of hydrogen-bond acceptors (Lipinski definition) is 4. The van der Waals surface area contributed by atoms with E-state index in [1.54, 1.807) is 14.2 Å². The largest absolute Gasteiger partial charge is 0.493 e. The van der Waals surface area contributed by atoms with Gasteiger partial charge in [-0.1, -0.05) is 37.3 Å². The Hall–Kier alpha value is -2.53. The van der Waals surface area contributed by atoms with Crippen molar-refractivity contribution in [3.05, 3.63) is 59.2 Å². The molecule has 2 aromatic rings. The van der Waals surface area contributed by atoms with Gasteiger partial charge < -0.3 is 14.4 Å². The summed E-state index contributed by atoms with van der Waals surface area (Å²) in [4.78, 5) is 17.0.